The van der Waals surface area contributed by atoms with Crippen LogP contribution in [0.2, 0.25) is 0 Å². The maximum Gasteiger partial charge on any atom is 0.357 e. The van der Waals surface area contributed by atoms with Crippen LogP contribution >= 0.6 is 0 Å². The molecule has 0 atom stereocenters. The standard InChI is InChI=1S/C13H14N2O3/c16-13(17)11-9-18-12(15-11)8-14-7-6-10-4-2-1-3-5-10/h1-5,9,14H,6-8H2,(H,16,17). The van der Waals surface area contributed by atoms with Crippen LogP contribution in [-0.4, -0.2) is 22.6 Å². The molecule has 2 N–H and O–H groups in total. The summed E-state index contributed by atoms with van der Waals surface area (Å²) in [7, 11) is 0. The Hall–Kier alpha value is -2.14. The monoisotopic (exact) mass is 246 g/mol. The van der Waals surface area contributed by atoms with Crippen molar-refractivity contribution in [1.29, 1.82) is 0 Å². The van der Waals surface area contributed by atoms with Crippen molar-refractivity contribution in [3.05, 3.63) is 53.7 Å². The van der Waals surface area contributed by atoms with Gasteiger partial charge in [-0.2, -0.15) is 0 Å². The summed E-state index contributed by atoms with van der Waals surface area (Å²) in [4.78, 5) is 14.4. The molecular formula is C13H14N2O3. The van der Waals surface area contributed by atoms with Crippen LogP contribution in [0.1, 0.15) is 21.9 Å². The summed E-state index contributed by atoms with van der Waals surface area (Å²) in [6.07, 6.45) is 2.06. The molecule has 5 heteroatoms. The molecule has 0 saturated heterocycles. The highest BCUT2D eigenvalue weighted by atomic mass is 16.4. The van der Waals surface area contributed by atoms with E-state index >= 15 is 0 Å². The van der Waals surface area contributed by atoms with Crippen LogP contribution in [-0.2, 0) is 13.0 Å². The van der Waals surface area contributed by atoms with E-state index in [2.05, 4.69) is 22.4 Å². The van der Waals surface area contributed by atoms with E-state index in [4.69, 9.17) is 9.52 Å². The van der Waals surface area contributed by atoms with Gasteiger partial charge in [0.1, 0.15) is 6.26 Å². The van der Waals surface area contributed by atoms with Crippen molar-refractivity contribution in [3.8, 4) is 0 Å². The second-order valence-electron chi connectivity index (χ2n) is 3.84. The number of hydrogen-bond donors (Lipinski definition) is 2. The maximum absolute atomic E-state index is 10.6. The summed E-state index contributed by atoms with van der Waals surface area (Å²) in [5.74, 6) is -0.685. The minimum Gasteiger partial charge on any atom is -0.476 e. The summed E-state index contributed by atoms with van der Waals surface area (Å²) >= 11 is 0. The van der Waals surface area contributed by atoms with Gasteiger partial charge in [0.15, 0.2) is 5.69 Å². The van der Waals surface area contributed by atoms with Crippen molar-refractivity contribution >= 4 is 5.97 Å². The number of rotatable bonds is 6. The largest absolute Gasteiger partial charge is 0.476 e. The molecule has 94 valence electrons. The lowest BCUT2D eigenvalue weighted by Crippen LogP contribution is -2.17. The maximum atomic E-state index is 10.6. The number of carbonyl (C=O) groups is 1. The lowest BCUT2D eigenvalue weighted by atomic mass is 10.1. The summed E-state index contributed by atoms with van der Waals surface area (Å²) in [6, 6.07) is 10.1. The van der Waals surface area contributed by atoms with Crippen molar-refractivity contribution < 1.29 is 14.3 Å². The van der Waals surface area contributed by atoms with Gasteiger partial charge in [-0.3, -0.25) is 0 Å². The van der Waals surface area contributed by atoms with Crippen LogP contribution in [0.25, 0.3) is 0 Å². The van der Waals surface area contributed by atoms with Crippen molar-refractivity contribution in [1.82, 2.24) is 10.3 Å². The second kappa shape index (κ2) is 5.97. The Balaban J connectivity index is 1.73. The molecule has 2 aromatic rings. The van der Waals surface area contributed by atoms with Crippen molar-refractivity contribution in [2.75, 3.05) is 6.54 Å². The summed E-state index contributed by atoms with van der Waals surface area (Å²) < 4.78 is 5.02. The van der Waals surface area contributed by atoms with Crippen molar-refractivity contribution in [2.45, 2.75) is 13.0 Å². The van der Waals surface area contributed by atoms with E-state index in [1.165, 1.54) is 5.56 Å². The van der Waals surface area contributed by atoms with Gasteiger partial charge in [0.2, 0.25) is 5.89 Å². The molecule has 1 aromatic heterocycles. The number of carboxylic acid groups (broad SMARTS) is 1. The van der Waals surface area contributed by atoms with E-state index in [1.807, 2.05) is 18.2 Å². The molecule has 0 bridgehead atoms. The van der Waals surface area contributed by atoms with Crippen LogP contribution in [0, 0.1) is 0 Å². The van der Waals surface area contributed by atoms with Gasteiger partial charge in [-0.05, 0) is 18.5 Å². The summed E-state index contributed by atoms with van der Waals surface area (Å²) in [5.41, 5.74) is 1.19. The van der Waals surface area contributed by atoms with Crippen molar-refractivity contribution in [3.63, 3.8) is 0 Å². The van der Waals surface area contributed by atoms with Crippen LogP contribution in [0.4, 0.5) is 0 Å². The van der Waals surface area contributed by atoms with Crippen molar-refractivity contribution in [2.24, 2.45) is 0 Å². The molecule has 1 heterocycles. The van der Waals surface area contributed by atoms with Gasteiger partial charge >= 0.3 is 5.97 Å². The fourth-order valence-electron chi connectivity index (χ4n) is 1.56. The first-order valence-electron chi connectivity index (χ1n) is 5.68. The van der Waals surface area contributed by atoms with Gasteiger partial charge in [0, 0.05) is 0 Å². The first kappa shape index (κ1) is 12.3. The smallest absolute Gasteiger partial charge is 0.357 e. The molecule has 0 aliphatic carbocycles. The number of aromatic nitrogens is 1. The zero-order valence-corrected chi connectivity index (χ0v) is 9.80. The number of hydrogen-bond acceptors (Lipinski definition) is 4. The van der Waals surface area contributed by atoms with E-state index in [0.29, 0.717) is 12.4 Å². The number of benzene rings is 1. The van der Waals surface area contributed by atoms with Gasteiger partial charge in [0.05, 0.1) is 6.54 Å². The predicted octanol–water partition coefficient (Wildman–Crippen LogP) is 1.71. The van der Waals surface area contributed by atoms with Crippen LogP contribution in [0.3, 0.4) is 0 Å². The van der Waals surface area contributed by atoms with E-state index < -0.39 is 5.97 Å². The molecule has 0 spiro atoms. The Labute approximate surface area is 104 Å². The number of nitrogens with one attached hydrogen (secondary N) is 1. The number of nitrogens with zero attached hydrogens (tertiary/aromatic N) is 1. The van der Waals surface area contributed by atoms with Crippen LogP contribution in [0.5, 0.6) is 0 Å². The number of aromatic carboxylic acids is 1. The molecule has 0 radical (unpaired) electrons. The molecule has 1 aromatic carbocycles. The third-order valence-corrected chi connectivity index (χ3v) is 2.48. The third kappa shape index (κ3) is 3.43. The molecule has 2 rings (SSSR count). The Morgan fingerprint density at radius 1 is 1.33 bits per heavy atom. The fraction of sp³-hybridized carbons (Fsp3) is 0.231. The Kier molecular flexibility index (Phi) is 4.09. The van der Waals surface area contributed by atoms with E-state index in [0.717, 1.165) is 19.2 Å². The van der Waals surface area contributed by atoms with E-state index in [1.54, 1.807) is 0 Å². The minimum absolute atomic E-state index is 0.0603. The highest BCUT2D eigenvalue weighted by Crippen LogP contribution is 2.02. The van der Waals surface area contributed by atoms with Crippen LogP contribution in [0.15, 0.2) is 41.0 Å². The predicted molar refractivity (Wildman–Crippen MR) is 65.3 cm³/mol. The van der Waals surface area contributed by atoms with Gasteiger partial charge in [0.25, 0.3) is 0 Å². The molecule has 0 saturated carbocycles. The van der Waals surface area contributed by atoms with E-state index in [-0.39, 0.29) is 5.69 Å². The number of carboxylic acids is 1. The highest BCUT2D eigenvalue weighted by Gasteiger charge is 2.09. The zero-order valence-electron chi connectivity index (χ0n) is 9.80. The fourth-order valence-corrected chi connectivity index (χ4v) is 1.56. The SMILES string of the molecule is O=C(O)c1coc(CNCCc2ccccc2)n1. The average molecular weight is 246 g/mol. The van der Waals surface area contributed by atoms with Gasteiger partial charge in [-0.1, -0.05) is 30.3 Å². The Morgan fingerprint density at radius 2 is 2.11 bits per heavy atom. The Bertz CT molecular complexity index is 508. The lowest BCUT2D eigenvalue weighted by Gasteiger charge is -2.02. The summed E-state index contributed by atoms with van der Waals surface area (Å²) in [5, 5.41) is 11.8. The topological polar surface area (TPSA) is 75.4 Å². The Morgan fingerprint density at radius 3 is 2.78 bits per heavy atom. The molecule has 0 fully saturated rings. The molecular weight excluding hydrogens is 232 g/mol. The average Bonchev–Trinajstić information content (AvgIpc) is 2.85. The van der Waals surface area contributed by atoms with Gasteiger partial charge in [-0.15, -0.1) is 0 Å². The molecule has 18 heavy (non-hydrogen) atoms. The second-order valence-corrected chi connectivity index (χ2v) is 3.84. The highest BCUT2D eigenvalue weighted by molar-refractivity contribution is 5.84. The van der Waals surface area contributed by atoms with Crippen LogP contribution < -0.4 is 5.32 Å². The third-order valence-electron chi connectivity index (χ3n) is 2.48. The summed E-state index contributed by atoms with van der Waals surface area (Å²) in [6.45, 7) is 1.22. The normalized spacial score (nSPS) is 10.4. The molecule has 5 nitrogen and oxygen atoms in total. The molecule has 0 aliphatic heterocycles. The van der Waals surface area contributed by atoms with E-state index in [9.17, 15) is 4.79 Å². The van der Waals surface area contributed by atoms with Gasteiger partial charge in [-0.25, -0.2) is 9.78 Å². The van der Waals surface area contributed by atoms with Gasteiger partial charge < -0.3 is 14.8 Å². The number of oxazole rings is 1. The first-order valence-corrected chi connectivity index (χ1v) is 5.68. The molecule has 0 unspecified atom stereocenters. The minimum atomic E-state index is -1.07. The zero-order chi connectivity index (χ0) is 12.8. The molecule has 0 aliphatic rings. The lowest BCUT2D eigenvalue weighted by molar-refractivity contribution is 0.0690. The molecule has 0 amide bonds. The quantitative estimate of drug-likeness (QED) is 0.759. The first-order chi connectivity index (χ1) is 8.75.